The van der Waals surface area contributed by atoms with Crippen molar-refractivity contribution in [2.24, 2.45) is 0 Å². The van der Waals surface area contributed by atoms with E-state index >= 15 is 0 Å². The van der Waals surface area contributed by atoms with Gasteiger partial charge in [-0.25, -0.2) is 4.98 Å². The van der Waals surface area contributed by atoms with Crippen molar-refractivity contribution in [3.05, 3.63) is 29.3 Å². The average Bonchev–Trinajstić information content (AvgIpc) is 3.04. The molecule has 2 heterocycles. The molecular formula is C18H25N4O2S+. The number of benzene rings is 1. The summed E-state index contributed by atoms with van der Waals surface area (Å²) in [5.74, 6) is 0.266. The van der Waals surface area contributed by atoms with Crippen LogP contribution in [0.1, 0.15) is 23.8 Å². The molecule has 2 atom stereocenters. The van der Waals surface area contributed by atoms with Crippen LogP contribution in [0.25, 0.3) is 10.2 Å². The number of fused-ring (bicyclic) bond motifs is 1. The Labute approximate surface area is 151 Å². The maximum Gasteiger partial charge on any atom is 0.275 e. The van der Waals surface area contributed by atoms with E-state index in [0.29, 0.717) is 12.5 Å². The summed E-state index contributed by atoms with van der Waals surface area (Å²) >= 11 is 1.77. The number of likely N-dealkylation sites (tertiary alicyclic amines) is 1. The second kappa shape index (κ2) is 7.93. The summed E-state index contributed by atoms with van der Waals surface area (Å²) in [6.45, 7) is 2.41. The lowest BCUT2D eigenvalue weighted by Crippen LogP contribution is -3.14. The van der Waals surface area contributed by atoms with E-state index in [0.717, 1.165) is 31.4 Å². The second-order valence-electron chi connectivity index (χ2n) is 6.80. The number of amides is 2. The Morgan fingerprint density at radius 3 is 2.92 bits per heavy atom. The fourth-order valence-corrected chi connectivity index (χ4v) is 4.31. The van der Waals surface area contributed by atoms with Gasteiger partial charge >= 0.3 is 0 Å². The highest BCUT2D eigenvalue weighted by molar-refractivity contribution is 7.18. The molecule has 0 bridgehead atoms. The molecule has 0 spiro atoms. The van der Waals surface area contributed by atoms with E-state index in [1.165, 1.54) is 19.5 Å². The maximum absolute atomic E-state index is 12.1. The molecule has 3 rings (SSSR count). The number of hydrogen-bond acceptors (Lipinski definition) is 4. The number of aromatic nitrogens is 1. The van der Waals surface area contributed by atoms with E-state index < -0.39 is 0 Å². The molecule has 0 aliphatic carbocycles. The van der Waals surface area contributed by atoms with Gasteiger partial charge < -0.3 is 15.1 Å². The van der Waals surface area contributed by atoms with Crippen LogP contribution < -0.4 is 10.2 Å². The zero-order valence-corrected chi connectivity index (χ0v) is 15.6. The number of nitrogens with zero attached hydrogens (tertiary/aromatic N) is 2. The van der Waals surface area contributed by atoms with Crippen LogP contribution in [0.15, 0.2) is 24.3 Å². The fraction of sp³-hybridized carbons (Fsp3) is 0.500. The monoisotopic (exact) mass is 361 g/mol. The molecule has 25 heavy (non-hydrogen) atoms. The maximum atomic E-state index is 12.1. The smallest absolute Gasteiger partial charge is 0.275 e. The van der Waals surface area contributed by atoms with Crippen LogP contribution in [0.4, 0.5) is 0 Å². The molecule has 1 unspecified atom stereocenters. The summed E-state index contributed by atoms with van der Waals surface area (Å²) in [4.78, 5) is 31.2. The number of carbonyl (C=O) groups is 2. The Balaban J connectivity index is 1.55. The summed E-state index contributed by atoms with van der Waals surface area (Å²) in [5.41, 5.74) is 1.06. The van der Waals surface area contributed by atoms with E-state index in [-0.39, 0.29) is 18.4 Å². The highest BCUT2D eigenvalue weighted by Gasteiger charge is 2.28. The van der Waals surface area contributed by atoms with Gasteiger partial charge in [-0.05, 0) is 25.0 Å². The molecule has 134 valence electrons. The third-order valence-corrected chi connectivity index (χ3v) is 5.82. The lowest BCUT2D eigenvalue weighted by atomic mass is 9.99. The Morgan fingerprint density at radius 2 is 2.16 bits per heavy atom. The zero-order chi connectivity index (χ0) is 17.8. The summed E-state index contributed by atoms with van der Waals surface area (Å²) in [7, 11) is 3.37. The first kappa shape index (κ1) is 17.8. The van der Waals surface area contributed by atoms with Gasteiger partial charge in [0.15, 0.2) is 6.54 Å². The first-order valence-corrected chi connectivity index (χ1v) is 9.50. The Morgan fingerprint density at radius 1 is 1.36 bits per heavy atom. The number of rotatable bonds is 5. The minimum absolute atomic E-state index is 0.0600. The standard InChI is InChI=1S/C18H24N4O2S/c1-21(2)17(24)10-19-16(23)12-22-9-5-6-13(11-22)18-20-14-7-3-4-8-15(14)25-18/h3-4,7-8,13H,5-6,9-12H2,1-2H3,(H,19,23)/p+1/t13-/m1/s1. The molecular weight excluding hydrogens is 336 g/mol. The van der Waals surface area contributed by atoms with Crippen LogP contribution in [0.2, 0.25) is 0 Å². The number of nitrogens with one attached hydrogen (secondary N) is 2. The van der Waals surface area contributed by atoms with Gasteiger partial charge in [-0.15, -0.1) is 11.3 Å². The van der Waals surface area contributed by atoms with Gasteiger partial charge in [0.1, 0.15) is 5.01 Å². The number of piperidine rings is 1. The number of quaternary nitrogens is 1. The number of hydrogen-bond donors (Lipinski definition) is 2. The predicted molar refractivity (Wildman–Crippen MR) is 98.9 cm³/mol. The van der Waals surface area contributed by atoms with Crippen LogP contribution in [-0.4, -0.2) is 62.0 Å². The SMILES string of the molecule is CN(C)C(=O)CNC(=O)C[NH+]1CCC[C@@H](c2nc3ccccc3s2)C1. The molecule has 1 saturated heterocycles. The topological polar surface area (TPSA) is 66.7 Å². The van der Waals surface area contributed by atoms with Crippen molar-refractivity contribution >= 4 is 33.4 Å². The highest BCUT2D eigenvalue weighted by Crippen LogP contribution is 2.30. The van der Waals surface area contributed by atoms with Gasteiger partial charge in [-0.3, -0.25) is 9.59 Å². The van der Waals surface area contributed by atoms with Crippen LogP contribution in [0, 0.1) is 0 Å². The lowest BCUT2D eigenvalue weighted by molar-refractivity contribution is -0.898. The molecule has 2 N–H and O–H groups in total. The van der Waals surface area contributed by atoms with Crippen molar-refractivity contribution in [2.75, 3.05) is 40.3 Å². The van der Waals surface area contributed by atoms with Crippen molar-refractivity contribution in [3.8, 4) is 0 Å². The average molecular weight is 361 g/mol. The molecule has 1 fully saturated rings. The van der Waals surface area contributed by atoms with Gasteiger partial charge in [0.25, 0.3) is 5.91 Å². The minimum atomic E-state index is -0.0886. The Hall–Kier alpha value is -1.99. The van der Waals surface area contributed by atoms with Gasteiger partial charge in [0.05, 0.1) is 35.8 Å². The molecule has 1 aliphatic rings. The summed E-state index contributed by atoms with van der Waals surface area (Å²) < 4.78 is 1.23. The molecule has 1 aliphatic heterocycles. The Kier molecular flexibility index (Phi) is 5.65. The second-order valence-corrected chi connectivity index (χ2v) is 7.87. The molecule has 0 radical (unpaired) electrons. The van der Waals surface area contributed by atoms with Crippen molar-refractivity contribution in [1.29, 1.82) is 0 Å². The van der Waals surface area contributed by atoms with Crippen LogP contribution >= 0.6 is 11.3 Å². The van der Waals surface area contributed by atoms with E-state index in [9.17, 15) is 9.59 Å². The number of thiazole rings is 1. The molecule has 2 amide bonds. The molecule has 1 aromatic carbocycles. The van der Waals surface area contributed by atoms with E-state index in [1.807, 2.05) is 12.1 Å². The van der Waals surface area contributed by atoms with Crippen molar-refractivity contribution in [3.63, 3.8) is 0 Å². The summed E-state index contributed by atoms with van der Waals surface area (Å²) in [6.07, 6.45) is 2.23. The third kappa shape index (κ3) is 4.55. The molecule has 6 nitrogen and oxygen atoms in total. The molecule has 0 saturated carbocycles. The van der Waals surface area contributed by atoms with Crippen LogP contribution in [0.5, 0.6) is 0 Å². The quantitative estimate of drug-likeness (QED) is 0.803. The largest absolute Gasteiger partial charge is 0.347 e. The normalized spacial score (nSPS) is 20.4. The number of likely N-dealkylation sites (N-methyl/N-ethyl adjacent to an activating group) is 1. The van der Waals surface area contributed by atoms with E-state index in [2.05, 4.69) is 17.4 Å². The van der Waals surface area contributed by atoms with Gasteiger partial charge in [-0.2, -0.15) is 0 Å². The van der Waals surface area contributed by atoms with Gasteiger partial charge in [0, 0.05) is 14.1 Å². The first-order chi connectivity index (χ1) is 12.0. The van der Waals surface area contributed by atoms with E-state index in [1.54, 1.807) is 25.4 Å². The highest BCUT2D eigenvalue weighted by atomic mass is 32.1. The zero-order valence-electron chi connectivity index (χ0n) is 14.7. The lowest BCUT2D eigenvalue weighted by Gasteiger charge is -2.28. The van der Waals surface area contributed by atoms with E-state index in [4.69, 9.17) is 4.98 Å². The van der Waals surface area contributed by atoms with Crippen LogP contribution in [-0.2, 0) is 9.59 Å². The van der Waals surface area contributed by atoms with Gasteiger partial charge in [0.2, 0.25) is 5.91 Å². The third-order valence-electron chi connectivity index (χ3n) is 4.62. The predicted octanol–water partition coefficient (Wildman–Crippen LogP) is 0.263. The summed E-state index contributed by atoms with van der Waals surface area (Å²) in [5, 5.41) is 3.91. The Bertz CT molecular complexity index is 725. The molecule has 2 aromatic rings. The molecule has 7 heteroatoms. The number of para-hydroxylation sites is 1. The van der Waals surface area contributed by atoms with Crippen LogP contribution in [0.3, 0.4) is 0 Å². The first-order valence-electron chi connectivity index (χ1n) is 8.69. The van der Waals surface area contributed by atoms with Gasteiger partial charge in [-0.1, -0.05) is 12.1 Å². The van der Waals surface area contributed by atoms with Crippen molar-refractivity contribution < 1.29 is 14.5 Å². The molecule has 1 aromatic heterocycles. The fourth-order valence-electron chi connectivity index (χ4n) is 3.21. The van der Waals surface area contributed by atoms with Crippen molar-refractivity contribution in [1.82, 2.24) is 15.2 Å². The summed E-state index contributed by atoms with van der Waals surface area (Å²) in [6, 6.07) is 8.23. The number of carbonyl (C=O) groups excluding carboxylic acids is 2. The minimum Gasteiger partial charge on any atom is -0.347 e. The van der Waals surface area contributed by atoms with Crippen molar-refractivity contribution in [2.45, 2.75) is 18.8 Å².